The van der Waals surface area contributed by atoms with Crippen LogP contribution in [0, 0.1) is 11.3 Å². The van der Waals surface area contributed by atoms with Crippen LogP contribution in [-0.2, 0) is 13.9 Å². The van der Waals surface area contributed by atoms with Gasteiger partial charge >= 0.3 is 0 Å². The first-order valence-corrected chi connectivity index (χ1v) is 13.9. The highest BCUT2D eigenvalue weighted by Crippen LogP contribution is 2.43. The molecule has 0 saturated heterocycles. The molecule has 5 heteroatoms. The highest BCUT2D eigenvalue weighted by atomic mass is 28.4. The van der Waals surface area contributed by atoms with Gasteiger partial charge in [-0.05, 0) is 42.5 Å². The number of hydrogen-bond acceptors (Lipinski definition) is 4. The van der Waals surface area contributed by atoms with Crippen LogP contribution in [0.3, 0.4) is 0 Å². The lowest BCUT2D eigenvalue weighted by atomic mass is 9.87. The maximum absolute atomic E-state index is 6.63. The van der Waals surface area contributed by atoms with E-state index in [-0.39, 0.29) is 16.5 Å². The average molecular weight is 422 g/mol. The van der Waals surface area contributed by atoms with Crippen molar-refractivity contribution in [2.75, 3.05) is 34.0 Å². The smallest absolute Gasteiger partial charge is 0.192 e. The summed E-state index contributed by atoms with van der Waals surface area (Å²) in [6.45, 7) is 16.1. The van der Waals surface area contributed by atoms with Crippen LogP contribution in [0.4, 0.5) is 0 Å². The summed E-state index contributed by atoms with van der Waals surface area (Å²) in [6, 6.07) is 11.4. The van der Waals surface area contributed by atoms with Crippen LogP contribution in [0.5, 0.6) is 0 Å². The van der Waals surface area contributed by atoms with Gasteiger partial charge in [-0.25, -0.2) is 0 Å². The van der Waals surface area contributed by atoms with Crippen molar-refractivity contribution in [1.29, 1.82) is 0 Å². The van der Waals surface area contributed by atoms with Gasteiger partial charge in [0.05, 0.1) is 25.9 Å². The van der Waals surface area contributed by atoms with Gasteiger partial charge in [-0.2, -0.15) is 0 Å². The Morgan fingerprint density at radius 3 is 2.17 bits per heavy atom. The van der Waals surface area contributed by atoms with Crippen molar-refractivity contribution in [1.82, 2.24) is 5.32 Å². The zero-order valence-electron chi connectivity index (χ0n) is 19.9. The maximum Gasteiger partial charge on any atom is 0.192 e. The number of methoxy groups -OCH3 is 2. The van der Waals surface area contributed by atoms with Crippen LogP contribution in [-0.4, -0.2) is 48.4 Å². The van der Waals surface area contributed by atoms with E-state index >= 15 is 0 Å². The zero-order chi connectivity index (χ0) is 21.7. The molecular weight excluding hydrogens is 378 g/mol. The second-order valence-corrected chi connectivity index (χ2v) is 15.4. The molecule has 0 heterocycles. The van der Waals surface area contributed by atoms with E-state index < -0.39 is 8.32 Å². The first-order valence-electron chi connectivity index (χ1n) is 11.0. The van der Waals surface area contributed by atoms with Crippen molar-refractivity contribution >= 4 is 8.32 Å². The lowest BCUT2D eigenvalue weighted by molar-refractivity contribution is 0.0112. The average Bonchev–Trinajstić information content (AvgIpc) is 2.94. The monoisotopic (exact) mass is 421 g/mol. The molecule has 0 spiro atoms. The predicted molar refractivity (Wildman–Crippen MR) is 124 cm³/mol. The number of hydrogen-bond donors (Lipinski definition) is 1. The zero-order valence-corrected chi connectivity index (χ0v) is 20.9. The molecule has 1 N–H and O–H groups in total. The van der Waals surface area contributed by atoms with E-state index in [2.05, 4.69) is 76.4 Å². The van der Waals surface area contributed by atoms with E-state index in [0.717, 1.165) is 26.1 Å². The summed E-state index contributed by atoms with van der Waals surface area (Å²) < 4.78 is 17.8. The second kappa shape index (κ2) is 10.1. The van der Waals surface area contributed by atoms with E-state index in [0.29, 0.717) is 18.6 Å². The predicted octanol–water partition coefficient (Wildman–Crippen LogP) is 5.42. The minimum Gasteiger partial charge on any atom is -0.415 e. The fourth-order valence-corrected chi connectivity index (χ4v) is 5.40. The first kappa shape index (κ1) is 24.5. The molecule has 1 aliphatic rings. The van der Waals surface area contributed by atoms with E-state index in [4.69, 9.17) is 13.9 Å². The summed E-state index contributed by atoms with van der Waals surface area (Å²) in [7, 11) is 1.78. The number of rotatable bonds is 10. The van der Waals surface area contributed by atoms with Gasteiger partial charge in [-0.3, -0.25) is 0 Å². The number of ether oxygens (including phenoxy) is 2. The molecule has 0 aromatic heterocycles. The van der Waals surface area contributed by atoms with Gasteiger partial charge < -0.3 is 19.2 Å². The molecule has 29 heavy (non-hydrogen) atoms. The van der Waals surface area contributed by atoms with E-state index in [1.54, 1.807) is 14.2 Å². The normalized spacial score (nSPS) is 23.3. The molecule has 3 atom stereocenters. The molecule has 2 rings (SSSR count). The molecule has 0 bridgehead atoms. The third-order valence-corrected chi connectivity index (χ3v) is 11.5. The van der Waals surface area contributed by atoms with Crippen LogP contribution in [0.1, 0.15) is 52.1 Å². The molecule has 1 saturated carbocycles. The Bertz CT molecular complexity index is 608. The van der Waals surface area contributed by atoms with Crippen molar-refractivity contribution in [2.45, 2.75) is 70.8 Å². The summed E-state index contributed by atoms with van der Waals surface area (Å²) in [6.07, 6.45) is 2.19. The topological polar surface area (TPSA) is 39.7 Å². The Labute approximate surface area is 179 Å². The highest BCUT2D eigenvalue weighted by Gasteiger charge is 2.44. The van der Waals surface area contributed by atoms with Crippen LogP contribution < -0.4 is 5.32 Å². The molecule has 1 aromatic carbocycles. The largest absolute Gasteiger partial charge is 0.415 e. The lowest BCUT2D eigenvalue weighted by Gasteiger charge is -2.38. The lowest BCUT2D eigenvalue weighted by Crippen LogP contribution is -2.44. The van der Waals surface area contributed by atoms with Crippen LogP contribution in [0.2, 0.25) is 18.1 Å². The fourth-order valence-electron chi connectivity index (χ4n) is 4.38. The summed E-state index contributed by atoms with van der Waals surface area (Å²) in [5, 5.41) is 4.17. The Hall–Kier alpha value is -0.723. The molecule has 0 aliphatic heterocycles. The Kier molecular flexibility index (Phi) is 8.51. The van der Waals surface area contributed by atoms with Gasteiger partial charge in [0.1, 0.15) is 0 Å². The quantitative estimate of drug-likeness (QED) is 0.512. The molecule has 4 nitrogen and oxygen atoms in total. The van der Waals surface area contributed by atoms with Crippen LogP contribution in [0.15, 0.2) is 30.3 Å². The third-order valence-electron chi connectivity index (χ3n) is 7.03. The standard InChI is InChI=1S/C24H43NO3Si/c1-19-14-24(17-26-5,18-27-6)15-21(19)25-22(20-12-10-9-11-13-20)16-28-29(7,8)23(2,3)4/h9-13,19,21-22,25H,14-18H2,1-8H3/t19-,21+,22-/m0/s1. The molecular formula is C24H43NO3Si. The van der Waals surface area contributed by atoms with Crippen molar-refractivity contribution in [3.63, 3.8) is 0 Å². The third kappa shape index (κ3) is 6.38. The van der Waals surface area contributed by atoms with Gasteiger partial charge in [-0.1, -0.05) is 58.0 Å². The fraction of sp³-hybridized carbons (Fsp3) is 0.750. The van der Waals surface area contributed by atoms with Gasteiger partial charge in [0, 0.05) is 25.7 Å². The van der Waals surface area contributed by atoms with Gasteiger partial charge in [0.25, 0.3) is 0 Å². The molecule has 0 unspecified atom stereocenters. The maximum atomic E-state index is 6.63. The molecule has 166 valence electrons. The van der Waals surface area contributed by atoms with E-state index in [1.807, 2.05) is 0 Å². The van der Waals surface area contributed by atoms with Crippen LogP contribution >= 0.6 is 0 Å². The van der Waals surface area contributed by atoms with E-state index in [1.165, 1.54) is 5.56 Å². The SMILES string of the molecule is COCC1(COC)C[C@H](C)[C@H](N[C@@H](CO[Si](C)(C)C(C)(C)C)c2ccccc2)C1. The summed E-state index contributed by atoms with van der Waals surface area (Å²) >= 11 is 0. The number of nitrogens with one attached hydrogen (secondary N) is 1. The van der Waals surface area contributed by atoms with E-state index in [9.17, 15) is 0 Å². The Morgan fingerprint density at radius 2 is 1.66 bits per heavy atom. The number of benzene rings is 1. The minimum atomic E-state index is -1.81. The first-order chi connectivity index (χ1) is 13.5. The minimum absolute atomic E-state index is 0.0993. The Morgan fingerprint density at radius 1 is 1.07 bits per heavy atom. The molecule has 1 fully saturated rings. The molecule has 1 aromatic rings. The van der Waals surface area contributed by atoms with Gasteiger partial charge in [-0.15, -0.1) is 0 Å². The molecule has 1 aliphatic carbocycles. The molecule has 0 radical (unpaired) electrons. The van der Waals surface area contributed by atoms with Gasteiger partial charge in [0.2, 0.25) is 0 Å². The van der Waals surface area contributed by atoms with Gasteiger partial charge in [0.15, 0.2) is 8.32 Å². The highest BCUT2D eigenvalue weighted by molar-refractivity contribution is 6.74. The van der Waals surface area contributed by atoms with Crippen molar-refractivity contribution < 1.29 is 13.9 Å². The van der Waals surface area contributed by atoms with Crippen molar-refractivity contribution in [3.05, 3.63) is 35.9 Å². The molecule has 0 amide bonds. The van der Waals surface area contributed by atoms with Crippen molar-refractivity contribution in [2.24, 2.45) is 11.3 Å². The summed E-state index contributed by atoms with van der Waals surface area (Å²) in [5.74, 6) is 0.569. The van der Waals surface area contributed by atoms with Crippen LogP contribution in [0.25, 0.3) is 0 Å². The van der Waals surface area contributed by atoms with Crippen molar-refractivity contribution in [3.8, 4) is 0 Å². The second-order valence-electron chi connectivity index (χ2n) is 10.6. The Balaban J connectivity index is 2.16. The summed E-state index contributed by atoms with van der Waals surface area (Å²) in [4.78, 5) is 0. The summed E-state index contributed by atoms with van der Waals surface area (Å²) in [5.41, 5.74) is 1.40.